The van der Waals surface area contributed by atoms with Gasteiger partial charge >= 0.3 is 0 Å². The highest BCUT2D eigenvalue weighted by Crippen LogP contribution is 2.27. The molecule has 3 rings (SSSR count). The summed E-state index contributed by atoms with van der Waals surface area (Å²) in [7, 11) is 0. The lowest BCUT2D eigenvalue weighted by Gasteiger charge is -2.05. The maximum absolute atomic E-state index is 12.1. The topological polar surface area (TPSA) is 54.9 Å². The molecule has 0 unspecified atom stereocenters. The molecule has 6 heteroatoms. The summed E-state index contributed by atoms with van der Waals surface area (Å²) in [6.45, 7) is 2.42. The smallest absolute Gasteiger partial charge is 0.224 e. The number of nitrogens with zero attached hydrogens (tertiary/aromatic N) is 2. The highest BCUT2D eigenvalue weighted by atomic mass is 35.5. The Kier molecular flexibility index (Phi) is 5.23. The molecule has 0 bridgehead atoms. The van der Waals surface area contributed by atoms with Crippen molar-refractivity contribution in [3.63, 3.8) is 0 Å². The number of carbonyl (C=O) groups excluding carboxylic acids is 1. The number of halogens is 1. The normalized spacial score (nSPS) is 10.6. The molecule has 2 aromatic heterocycles. The minimum Gasteiger partial charge on any atom is -0.351 e. The lowest BCUT2D eigenvalue weighted by Crippen LogP contribution is -2.24. The molecule has 0 atom stereocenters. The first-order valence-corrected chi connectivity index (χ1v) is 8.70. The van der Waals surface area contributed by atoms with Crippen LogP contribution in [0.25, 0.3) is 10.6 Å². The van der Waals surface area contributed by atoms with Crippen LogP contribution in [-0.4, -0.2) is 15.9 Å². The summed E-state index contributed by atoms with van der Waals surface area (Å²) in [5.74, 6) is -0.0566. The number of rotatable bonds is 5. The molecule has 122 valence electrons. The molecule has 4 nitrogen and oxygen atoms in total. The van der Waals surface area contributed by atoms with Crippen LogP contribution in [0.1, 0.15) is 16.1 Å². The van der Waals surface area contributed by atoms with Gasteiger partial charge in [0.05, 0.1) is 18.7 Å². The van der Waals surface area contributed by atoms with Gasteiger partial charge in [0, 0.05) is 27.9 Å². The second kappa shape index (κ2) is 7.55. The summed E-state index contributed by atoms with van der Waals surface area (Å²) in [6, 6.07) is 11.2. The predicted molar refractivity (Wildman–Crippen MR) is 97.1 cm³/mol. The zero-order chi connectivity index (χ0) is 16.9. The third-order valence-electron chi connectivity index (χ3n) is 3.56. The largest absolute Gasteiger partial charge is 0.351 e. The van der Waals surface area contributed by atoms with Gasteiger partial charge in [0.1, 0.15) is 5.01 Å². The van der Waals surface area contributed by atoms with Crippen molar-refractivity contribution in [2.24, 2.45) is 0 Å². The molecule has 0 aliphatic rings. The number of hydrogen-bond acceptors (Lipinski definition) is 4. The number of benzene rings is 1. The van der Waals surface area contributed by atoms with Gasteiger partial charge in [0.2, 0.25) is 5.91 Å². The van der Waals surface area contributed by atoms with Gasteiger partial charge in [-0.1, -0.05) is 29.8 Å². The molecular formula is C18H16ClN3OS. The maximum Gasteiger partial charge on any atom is 0.224 e. The molecular weight excluding hydrogens is 342 g/mol. The molecule has 1 aromatic carbocycles. The molecule has 1 N–H and O–H groups in total. The summed E-state index contributed by atoms with van der Waals surface area (Å²) in [6.07, 6.45) is 3.80. The zero-order valence-electron chi connectivity index (χ0n) is 13.1. The molecule has 2 heterocycles. The second-order valence-corrected chi connectivity index (χ2v) is 6.81. The average molecular weight is 358 g/mol. The first-order chi connectivity index (χ1) is 11.6. The van der Waals surface area contributed by atoms with Crippen molar-refractivity contribution in [1.29, 1.82) is 0 Å². The first kappa shape index (κ1) is 16.6. The maximum atomic E-state index is 12.1. The molecule has 3 aromatic rings. The van der Waals surface area contributed by atoms with Crippen LogP contribution >= 0.6 is 22.9 Å². The quantitative estimate of drug-likeness (QED) is 0.750. The van der Waals surface area contributed by atoms with Gasteiger partial charge in [-0.25, -0.2) is 4.98 Å². The Morgan fingerprint density at radius 3 is 2.83 bits per heavy atom. The fourth-order valence-electron chi connectivity index (χ4n) is 2.26. The van der Waals surface area contributed by atoms with E-state index in [1.807, 2.05) is 37.3 Å². The standard InChI is InChI=1S/C18H16ClN3OS/c1-12-16(24-18(22-12)14-6-4-8-20-10-14)11-21-17(23)9-13-5-2-3-7-15(13)19/h2-8,10H,9,11H2,1H3,(H,21,23). The minimum absolute atomic E-state index is 0.0566. The van der Waals surface area contributed by atoms with Crippen LogP contribution in [0.4, 0.5) is 0 Å². The van der Waals surface area contributed by atoms with E-state index in [4.69, 9.17) is 11.6 Å². The van der Waals surface area contributed by atoms with E-state index in [9.17, 15) is 4.79 Å². The Morgan fingerprint density at radius 2 is 2.08 bits per heavy atom. The van der Waals surface area contributed by atoms with E-state index in [0.29, 0.717) is 11.6 Å². The van der Waals surface area contributed by atoms with Crippen LogP contribution in [0.3, 0.4) is 0 Å². The lowest BCUT2D eigenvalue weighted by atomic mass is 10.1. The number of nitrogens with one attached hydrogen (secondary N) is 1. The van der Waals surface area contributed by atoms with E-state index in [1.165, 1.54) is 0 Å². The summed E-state index contributed by atoms with van der Waals surface area (Å²) < 4.78 is 0. The third kappa shape index (κ3) is 3.99. The third-order valence-corrected chi connectivity index (χ3v) is 5.13. The SMILES string of the molecule is Cc1nc(-c2cccnc2)sc1CNC(=O)Cc1ccccc1Cl. The van der Waals surface area contributed by atoms with Crippen LogP contribution in [0.5, 0.6) is 0 Å². The van der Waals surface area contributed by atoms with Crippen LogP contribution in [0.15, 0.2) is 48.8 Å². The van der Waals surface area contributed by atoms with E-state index in [2.05, 4.69) is 15.3 Å². The van der Waals surface area contributed by atoms with E-state index >= 15 is 0 Å². The number of thiazole rings is 1. The van der Waals surface area contributed by atoms with Crippen molar-refractivity contribution in [2.75, 3.05) is 0 Å². The van der Waals surface area contributed by atoms with Crippen molar-refractivity contribution >= 4 is 28.8 Å². The summed E-state index contributed by atoms with van der Waals surface area (Å²) in [5, 5.41) is 4.46. The molecule has 0 radical (unpaired) electrons. The predicted octanol–water partition coefficient (Wildman–Crippen LogP) is 4.03. The van der Waals surface area contributed by atoms with Crippen molar-refractivity contribution < 1.29 is 4.79 Å². The van der Waals surface area contributed by atoms with Gasteiger partial charge in [-0.2, -0.15) is 0 Å². The minimum atomic E-state index is -0.0566. The summed E-state index contributed by atoms with van der Waals surface area (Å²) in [4.78, 5) is 21.9. The molecule has 0 spiro atoms. The highest BCUT2D eigenvalue weighted by Gasteiger charge is 2.11. The molecule has 0 fully saturated rings. The van der Waals surface area contributed by atoms with E-state index in [0.717, 1.165) is 26.7 Å². The van der Waals surface area contributed by atoms with E-state index in [-0.39, 0.29) is 12.3 Å². The van der Waals surface area contributed by atoms with Crippen LogP contribution in [0, 0.1) is 6.92 Å². The van der Waals surface area contributed by atoms with Gasteiger partial charge in [-0.05, 0) is 30.7 Å². The average Bonchev–Trinajstić information content (AvgIpc) is 2.97. The Bertz CT molecular complexity index is 848. The van der Waals surface area contributed by atoms with Crippen LogP contribution < -0.4 is 5.32 Å². The van der Waals surface area contributed by atoms with Crippen LogP contribution in [0.2, 0.25) is 5.02 Å². The first-order valence-electron chi connectivity index (χ1n) is 7.50. The van der Waals surface area contributed by atoms with Gasteiger partial charge < -0.3 is 5.32 Å². The molecule has 24 heavy (non-hydrogen) atoms. The number of amides is 1. The van der Waals surface area contributed by atoms with E-state index < -0.39 is 0 Å². The highest BCUT2D eigenvalue weighted by molar-refractivity contribution is 7.15. The van der Waals surface area contributed by atoms with Gasteiger partial charge in [0.15, 0.2) is 0 Å². The van der Waals surface area contributed by atoms with E-state index in [1.54, 1.807) is 29.8 Å². The Morgan fingerprint density at radius 1 is 1.25 bits per heavy atom. The van der Waals surface area contributed by atoms with Gasteiger partial charge in [0.25, 0.3) is 0 Å². The Labute approximate surface area is 149 Å². The molecule has 0 saturated heterocycles. The fraction of sp³-hybridized carbons (Fsp3) is 0.167. The zero-order valence-corrected chi connectivity index (χ0v) is 14.7. The number of aryl methyl sites for hydroxylation is 1. The van der Waals surface area contributed by atoms with Crippen molar-refractivity contribution in [3.8, 4) is 10.6 Å². The fourth-order valence-corrected chi connectivity index (χ4v) is 3.46. The molecule has 0 aliphatic carbocycles. The number of aromatic nitrogens is 2. The molecule has 0 aliphatic heterocycles. The summed E-state index contributed by atoms with van der Waals surface area (Å²) in [5.41, 5.74) is 2.74. The number of pyridine rings is 1. The Hall–Kier alpha value is -2.24. The van der Waals surface area contributed by atoms with Gasteiger partial charge in [-0.15, -0.1) is 11.3 Å². The molecule has 1 amide bonds. The van der Waals surface area contributed by atoms with Gasteiger partial charge in [-0.3, -0.25) is 9.78 Å². The number of carbonyl (C=O) groups is 1. The molecule has 0 saturated carbocycles. The lowest BCUT2D eigenvalue weighted by molar-refractivity contribution is -0.120. The van der Waals surface area contributed by atoms with Crippen molar-refractivity contribution in [1.82, 2.24) is 15.3 Å². The van der Waals surface area contributed by atoms with Crippen LogP contribution in [-0.2, 0) is 17.8 Å². The summed E-state index contributed by atoms with van der Waals surface area (Å²) >= 11 is 7.66. The van der Waals surface area contributed by atoms with Crippen molar-refractivity contribution in [2.45, 2.75) is 19.9 Å². The number of hydrogen-bond donors (Lipinski definition) is 1. The van der Waals surface area contributed by atoms with Crippen molar-refractivity contribution in [3.05, 3.63) is 69.9 Å². The second-order valence-electron chi connectivity index (χ2n) is 5.31. The Balaban J connectivity index is 1.64. The monoisotopic (exact) mass is 357 g/mol.